The average Bonchev–Trinajstić information content (AvgIpc) is 2.85. The Morgan fingerprint density at radius 2 is 1.59 bits per heavy atom. The van der Waals surface area contributed by atoms with E-state index in [9.17, 15) is 29.7 Å². The summed E-state index contributed by atoms with van der Waals surface area (Å²) in [5.41, 5.74) is -0.190. The molecule has 5 N–H and O–H groups in total. The Kier molecular flexibility index (Phi) is 9.11. The maximum absolute atomic E-state index is 12.7. The van der Waals surface area contributed by atoms with Crippen LogP contribution in [0.3, 0.4) is 0 Å². The lowest BCUT2D eigenvalue weighted by atomic mass is 9.99. The van der Waals surface area contributed by atoms with Gasteiger partial charge in [0.15, 0.2) is 11.7 Å². The third-order valence-corrected chi connectivity index (χ3v) is 5.88. The van der Waals surface area contributed by atoms with Gasteiger partial charge in [-0.1, -0.05) is 23.7 Å². The number of ether oxygens (including phenoxy) is 3. The zero-order chi connectivity index (χ0) is 27.3. The second kappa shape index (κ2) is 11.9. The molecule has 2 aromatic rings. The third-order valence-electron chi connectivity index (χ3n) is 5.63. The van der Waals surface area contributed by atoms with Gasteiger partial charge in [-0.25, -0.2) is 9.59 Å². The minimum Gasteiger partial charge on any atom is -0.479 e. The van der Waals surface area contributed by atoms with Gasteiger partial charge in [-0.15, -0.1) is 0 Å². The van der Waals surface area contributed by atoms with E-state index in [1.165, 1.54) is 13.8 Å². The van der Waals surface area contributed by atoms with Gasteiger partial charge in [0.25, 0.3) is 5.91 Å². The summed E-state index contributed by atoms with van der Waals surface area (Å²) in [5.74, 6) is -2.50. The molecule has 0 spiro atoms. The maximum atomic E-state index is 12.7. The number of carbonyl (C=O) groups is 3. The normalized spacial score (nSPS) is 23.7. The molecule has 37 heavy (non-hydrogen) atoms. The molecule has 2 aromatic carbocycles. The SMILES string of the molecule is CC(C)(Oc1ccc(CCNC(=O)c2ccc(Cl)cc2)cc1)C(=O)OC1OC(C(=O)O)C(O)C(O)C1O. The third kappa shape index (κ3) is 7.18. The van der Waals surface area contributed by atoms with E-state index >= 15 is 0 Å². The maximum Gasteiger partial charge on any atom is 0.352 e. The Morgan fingerprint density at radius 3 is 2.19 bits per heavy atom. The number of amides is 1. The molecule has 12 heteroatoms. The zero-order valence-corrected chi connectivity index (χ0v) is 20.8. The van der Waals surface area contributed by atoms with Crippen LogP contribution in [-0.2, 0) is 25.5 Å². The molecule has 1 aliphatic rings. The predicted octanol–water partition coefficient (Wildman–Crippen LogP) is 0.905. The fourth-order valence-corrected chi connectivity index (χ4v) is 3.61. The number of esters is 1. The number of carboxylic acids is 1. The van der Waals surface area contributed by atoms with E-state index in [0.29, 0.717) is 29.3 Å². The summed E-state index contributed by atoms with van der Waals surface area (Å²) in [6.07, 6.45) is -8.87. The Bertz CT molecular complexity index is 1110. The number of hydrogen-bond acceptors (Lipinski definition) is 9. The van der Waals surface area contributed by atoms with Crippen LogP contribution in [0.2, 0.25) is 5.02 Å². The van der Waals surface area contributed by atoms with Crippen LogP contribution in [0.4, 0.5) is 0 Å². The smallest absolute Gasteiger partial charge is 0.352 e. The first-order valence-electron chi connectivity index (χ1n) is 11.3. The van der Waals surface area contributed by atoms with Crippen molar-refractivity contribution in [3.8, 4) is 5.75 Å². The molecule has 1 fully saturated rings. The number of aliphatic carboxylic acids is 1. The van der Waals surface area contributed by atoms with Gasteiger partial charge >= 0.3 is 11.9 Å². The number of carboxylic acid groups (broad SMARTS) is 1. The van der Waals surface area contributed by atoms with Gasteiger partial charge in [-0.2, -0.15) is 0 Å². The van der Waals surface area contributed by atoms with Crippen LogP contribution in [0.25, 0.3) is 0 Å². The predicted molar refractivity (Wildman–Crippen MR) is 129 cm³/mol. The van der Waals surface area contributed by atoms with E-state index in [4.69, 9.17) is 30.9 Å². The molecule has 0 bridgehead atoms. The Morgan fingerprint density at radius 1 is 0.973 bits per heavy atom. The minimum atomic E-state index is -1.91. The molecule has 0 saturated carbocycles. The molecule has 3 rings (SSSR count). The first-order valence-corrected chi connectivity index (χ1v) is 11.7. The number of halogens is 1. The van der Waals surface area contributed by atoms with Crippen molar-refractivity contribution < 1.29 is 49.0 Å². The number of nitrogens with one attached hydrogen (secondary N) is 1. The van der Waals surface area contributed by atoms with Crippen molar-refractivity contribution in [1.82, 2.24) is 5.32 Å². The zero-order valence-electron chi connectivity index (χ0n) is 20.0. The molecule has 1 saturated heterocycles. The lowest BCUT2D eigenvalue weighted by Gasteiger charge is -2.39. The molecular formula is C25H28ClNO10. The van der Waals surface area contributed by atoms with Crippen molar-refractivity contribution in [1.29, 1.82) is 0 Å². The van der Waals surface area contributed by atoms with E-state index in [-0.39, 0.29) is 5.91 Å². The second-order valence-corrected chi connectivity index (χ2v) is 9.35. The van der Waals surface area contributed by atoms with E-state index in [1.807, 2.05) is 0 Å². The lowest BCUT2D eigenvalue weighted by Crippen LogP contribution is -2.61. The number of rotatable bonds is 9. The van der Waals surface area contributed by atoms with E-state index in [1.54, 1.807) is 48.5 Å². The fourth-order valence-electron chi connectivity index (χ4n) is 3.48. The van der Waals surface area contributed by atoms with E-state index in [0.717, 1.165) is 5.56 Å². The van der Waals surface area contributed by atoms with Gasteiger partial charge in [0, 0.05) is 17.1 Å². The summed E-state index contributed by atoms with van der Waals surface area (Å²) in [6, 6.07) is 13.3. The van der Waals surface area contributed by atoms with Gasteiger partial charge in [-0.3, -0.25) is 4.79 Å². The molecule has 0 aromatic heterocycles. The number of carbonyl (C=O) groups excluding carboxylic acids is 2. The van der Waals surface area contributed by atoms with Crippen LogP contribution < -0.4 is 10.1 Å². The highest BCUT2D eigenvalue weighted by Crippen LogP contribution is 2.26. The van der Waals surface area contributed by atoms with Crippen LogP contribution >= 0.6 is 11.6 Å². The molecule has 1 amide bonds. The van der Waals surface area contributed by atoms with E-state index < -0.39 is 48.2 Å². The number of aliphatic hydroxyl groups excluding tert-OH is 3. The van der Waals surface area contributed by atoms with Crippen LogP contribution in [-0.4, -0.2) is 81.1 Å². The Balaban J connectivity index is 1.52. The molecular weight excluding hydrogens is 510 g/mol. The van der Waals surface area contributed by atoms with Crippen LogP contribution in [0.1, 0.15) is 29.8 Å². The Hall–Kier alpha value is -3.22. The summed E-state index contributed by atoms with van der Waals surface area (Å²) in [7, 11) is 0. The van der Waals surface area contributed by atoms with Crippen LogP contribution in [0.5, 0.6) is 5.75 Å². The van der Waals surface area contributed by atoms with Crippen molar-refractivity contribution >= 4 is 29.4 Å². The quantitative estimate of drug-likeness (QED) is 0.289. The summed E-state index contributed by atoms with van der Waals surface area (Å²) in [4.78, 5) is 36.1. The van der Waals surface area contributed by atoms with Gasteiger partial charge in [-0.05, 0) is 62.2 Å². The van der Waals surface area contributed by atoms with E-state index in [2.05, 4.69) is 5.32 Å². The summed E-state index contributed by atoms with van der Waals surface area (Å²) in [6.45, 7) is 3.18. The second-order valence-electron chi connectivity index (χ2n) is 8.91. The van der Waals surface area contributed by atoms with Crippen molar-refractivity contribution in [3.05, 3.63) is 64.7 Å². The first kappa shape index (κ1) is 28.4. The highest BCUT2D eigenvalue weighted by molar-refractivity contribution is 6.30. The molecule has 5 atom stereocenters. The lowest BCUT2D eigenvalue weighted by molar-refractivity contribution is -0.289. The van der Waals surface area contributed by atoms with Gasteiger partial charge in [0.2, 0.25) is 6.29 Å². The van der Waals surface area contributed by atoms with Crippen molar-refractivity contribution in [3.63, 3.8) is 0 Å². The first-order chi connectivity index (χ1) is 17.4. The van der Waals surface area contributed by atoms with Crippen LogP contribution in [0, 0.1) is 0 Å². The largest absolute Gasteiger partial charge is 0.479 e. The van der Waals surface area contributed by atoms with Crippen molar-refractivity contribution in [2.75, 3.05) is 6.54 Å². The average molecular weight is 538 g/mol. The monoisotopic (exact) mass is 537 g/mol. The summed E-state index contributed by atoms with van der Waals surface area (Å²) >= 11 is 5.83. The topological polar surface area (TPSA) is 172 Å². The molecule has 1 heterocycles. The number of hydrogen-bond donors (Lipinski definition) is 5. The molecule has 1 aliphatic heterocycles. The molecule has 5 unspecified atom stereocenters. The van der Waals surface area contributed by atoms with Gasteiger partial charge in [0.1, 0.15) is 24.1 Å². The Labute approximate surface area is 217 Å². The minimum absolute atomic E-state index is 0.222. The van der Waals surface area contributed by atoms with Crippen molar-refractivity contribution in [2.24, 2.45) is 0 Å². The van der Waals surface area contributed by atoms with Gasteiger partial charge < -0.3 is 40.0 Å². The highest BCUT2D eigenvalue weighted by atomic mass is 35.5. The standard InChI is InChI=1S/C25H28ClNO10/c1-25(2,24(34)36-23-19(30)17(28)18(29)20(35-23)22(32)33)37-16-9-3-13(4-10-16)11-12-27-21(31)14-5-7-15(26)8-6-14/h3-10,17-20,23,28-30H,11-12H2,1-2H3,(H,27,31)(H,32,33). The summed E-state index contributed by atoms with van der Waals surface area (Å²) in [5, 5.41) is 42.1. The van der Waals surface area contributed by atoms with Crippen LogP contribution in [0.15, 0.2) is 48.5 Å². The summed E-state index contributed by atoms with van der Waals surface area (Å²) < 4.78 is 15.7. The highest BCUT2D eigenvalue weighted by Gasteiger charge is 2.49. The number of benzene rings is 2. The molecule has 11 nitrogen and oxygen atoms in total. The number of aliphatic hydroxyl groups is 3. The molecule has 200 valence electrons. The fraction of sp³-hybridized carbons (Fsp3) is 0.400. The van der Waals surface area contributed by atoms with Gasteiger partial charge in [0.05, 0.1) is 0 Å². The molecule has 0 radical (unpaired) electrons. The van der Waals surface area contributed by atoms with Crippen molar-refractivity contribution in [2.45, 2.75) is 56.6 Å². The molecule has 0 aliphatic carbocycles.